The molecule has 0 atom stereocenters. The van der Waals surface area contributed by atoms with Crippen molar-refractivity contribution in [3.8, 4) is 0 Å². The van der Waals surface area contributed by atoms with Gasteiger partial charge in [0.2, 0.25) is 0 Å². The van der Waals surface area contributed by atoms with E-state index in [0.717, 1.165) is 37.6 Å². The number of rotatable bonds is 5. The number of hydrogen-bond donors (Lipinski definition) is 1. The number of benzene rings is 1. The molecule has 0 spiro atoms. The van der Waals surface area contributed by atoms with Crippen LogP contribution in [0, 0.1) is 5.41 Å². The van der Waals surface area contributed by atoms with E-state index in [2.05, 4.69) is 43.0 Å². The Kier molecular flexibility index (Phi) is 5.26. The molecule has 94 valence electrons. The molecule has 17 heavy (non-hydrogen) atoms. The summed E-state index contributed by atoms with van der Waals surface area (Å²) >= 11 is 6.57. The third-order valence-electron chi connectivity index (χ3n) is 3.41. The van der Waals surface area contributed by atoms with Crippen molar-refractivity contribution in [1.82, 2.24) is 0 Å². The minimum Gasteiger partial charge on any atom is -0.381 e. The molecule has 2 rings (SSSR count). The van der Waals surface area contributed by atoms with Crippen molar-refractivity contribution in [2.75, 3.05) is 24.7 Å². The lowest BCUT2D eigenvalue weighted by Gasteiger charge is -2.35. The van der Waals surface area contributed by atoms with E-state index in [4.69, 9.17) is 4.74 Å². The molecule has 0 radical (unpaired) electrons. The van der Waals surface area contributed by atoms with Crippen molar-refractivity contribution in [2.45, 2.75) is 18.6 Å². The molecule has 1 heterocycles. The van der Waals surface area contributed by atoms with Crippen LogP contribution in [0.1, 0.15) is 18.4 Å². The second-order valence-corrected chi connectivity index (χ2v) is 6.05. The number of thiol groups is 1. The molecule has 1 saturated heterocycles. The standard InChI is InChI=1S/C14H20OS2/c16-11-14(6-8-15-9-7-14)12-17-10-13-4-2-1-3-5-13/h1-5,16H,6-12H2. The van der Waals surface area contributed by atoms with Gasteiger partial charge in [-0.05, 0) is 29.6 Å². The predicted octanol–water partition coefficient (Wildman–Crippen LogP) is 3.65. The molecule has 0 N–H and O–H groups in total. The largest absolute Gasteiger partial charge is 0.381 e. The first-order valence-electron chi connectivity index (χ1n) is 6.15. The van der Waals surface area contributed by atoms with Crippen molar-refractivity contribution in [3.63, 3.8) is 0 Å². The Labute approximate surface area is 114 Å². The summed E-state index contributed by atoms with van der Waals surface area (Å²) in [5.74, 6) is 3.30. The van der Waals surface area contributed by atoms with Gasteiger partial charge in [-0.25, -0.2) is 0 Å². The lowest BCUT2D eigenvalue weighted by Crippen LogP contribution is -2.33. The molecule has 1 aromatic carbocycles. The van der Waals surface area contributed by atoms with Gasteiger partial charge in [-0.3, -0.25) is 0 Å². The molecule has 0 bridgehead atoms. The maximum absolute atomic E-state index is 5.45. The number of hydrogen-bond acceptors (Lipinski definition) is 3. The predicted molar refractivity (Wildman–Crippen MR) is 78.9 cm³/mol. The zero-order chi connectivity index (χ0) is 12.0. The molecule has 1 aromatic rings. The summed E-state index contributed by atoms with van der Waals surface area (Å²) in [4.78, 5) is 0. The summed E-state index contributed by atoms with van der Waals surface area (Å²) < 4.78 is 5.45. The van der Waals surface area contributed by atoms with Crippen LogP contribution in [0.4, 0.5) is 0 Å². The Morgan fingerprint density at radius 1 is 1.18 bits per heavy atom. The first kappa shape index (κ1) is 13.3. The van der Waals surface area contributed by atoms with Crippen molar-refractivity contribution in [3.05, 3.63) is 35.9 Å². The monoisotopic (exact) mass is 268 g/mol. The van der Waals surface area contributed by atoms with Crippen LogP contribution in [0.3, 0.4) is 0 Å². The zero-order valence-corrected chi connectivity index (χ0v) is 11.8. The molecule has 0 amide bonds. The number of thioether (sulfide) groups is 1. The van der Waals surface area contributed by atoms with E-state index in [9.17, 15) is 0 Å². The SMILES string of the molecule is SCC1(CSCc2ccccc2)CCOCC1. The van der Waals surface area contributed by atoms with Crippen LogP contribution in [-0.4, -0.2) is 24.7 Å². The fourth-order valence-electron chi connectivity index (χ4n) is 2.11. The van der Waals surface area contributed by atoms with Crippen LogP contribution in [0.5, 0.6) is 0 Å². The summed E-state index contributed by atoms with van der Waals surface area (Å²) in [7, 11) is 0. The maximum Gasteiger partial charge on any atom is 0.0471 e. The van der Waals surface area contributed by atoms with Crippen LogP contribution < -0.4 is 0 Å². The quantitative estimate of drug-likeness (QED) is 0.816. The van der Waals surface area contributed by atoms with Gasteiger partial charge in [0.1, 0.15) is 0 Å². The average Bonchev–Trinajstić information content (AvgIpc) is 2.41. The normalized spacial score (nSPS) is 19.1. The van der Waals surface area contributed by atoms with Gasteiger partial charge in [0.05, 0.1) is 0 Å². The second kappa shape index (κ2) is 6.72. The summed E-state index contributed by atoms with van der Waals surface area (Å²) in [6.45, 7) is 1.82. The highest BCUT2D eigenvalue weighted by Crippen LogP contribution is 2.36. The Balaban J connectivity index is 1.80. The van der Waals surface area contributed by atoms with E-state index in [0.29, 0.717) is 5.41 Å². The van der Waals surface area contributed by atoms with E-state index < -0.39 is 0 Å². The van der Waals surface area contributed by atoms with Gasteiger partial charge in [-0.15, -0.1) is 0 Å². The van der Waals surface area contributed by atoms with Crippen molar-refractivity contribution < 1.29 is 4.74 Å². The summed E-state index contributed by atoms with van der Waals surface area (Å²) in [5, 5.41) is 0. The summed E-state index contributed by atoms with van der Waals surface area (Å²) in [5.41, 5.74) is 1.82. The van der Waals surface area contributed by atoms with Crippen LogP contribution in [0.15, 0.2) is 30.3 Å². The van der Waals surface area contributed by atoms with Crippen LogP contribution in [0.25, 0.3) is 0 Å². The average molecular weight is 268 g/mol. The minimum atomic E-state index is 0.404. The minimum absolute atomic E-state index is 0.404. The summed E-state index contributed by atoms with van der Waals surface area (Å²) in [6, 6.07) is 10.7. The second-order valence-electron chi connectivity index (χ2n) is 4.75. The fourth-order valence-corrected chi connectivity index (χ4v) is 4.05. The van der Waals surface area contributed by atoms with Crippen molar-refractivity contribution >= 4 is 24.4 Å². The molecule has 0 aliphatic carbocycles. The molecule has 0 aromatic heterocycles. The van der Waals surface area contributed by atoms with Gasteiger partial charge >= 0.3 is 0 Å². The maximum atomic E-state index is 5.45. The summed E-state index contributed by atoms with van der Waals surface area (Å²) in [6.07, 6.45) is 2.33. The smallest absolute Gasteiger partial charge is 0.0471 e. The Morgan fingerprint density at radius 2 is 1.88 bits per heavy atom. The van der Waals surface area contributed by atoms with Gasteiger partial charge in [0.15, 0.2) is 0 Å². The zero-order valence-electron chi connectivity index (χ0n) is 10.1. The lowest BCUT2D eigenvalue weighted by molar-refractivity contribution is 0.0371. The highest BCUT2D eigenvalue weighted by atomic mass is 32.2. The lowest BCUT2D eigenvalue weighted by atomic mass is 9.84. The fraction of sp³-hybridized carbons (Fsp3) is 0.571. The molecule has 1 aliphatic heterocycles. The molecular formula is C14H20OS2. The first-order valence-corrected chi connectivity index (χ1v) is 7.94. The topological polar surface area (TPSA) is 9.23 Å². The first-order chi connectivity index (χ1) is 8.35. The van der Waals surface area contributed by atoms with Crippen molar-refractivity contribution in [1.29, 1.82) is 0 Å². The van der Waals surface area contributed by atoms with Gasteiger partial charge in [0.25, 0.3) is 0 Å². The molecule has 1 fully saturated rings. The van der Waals surface area contributed by atoms with Crippen LogP contribution in [-0.2, 0) is 10.5 Å². The van der Waals surface area contributed by atoms with Gasteiger partial charge in [0, 0.05) is 24.7 Å². The highest BCUT2D eigenvalue weighted by molar-refractivity contribution is 7.98. The van der Waals surface area contributed by atoms with Gasteiger partial charge in [-0.2, -0.15) is 24.4 Å². The van der Waals surface area contributed by atoms with E-state index in [1.54, 1.807) is 0 Å². The van der Waals surface area contributed by atoms with E-state index in [1.807, 2.05) is 11.8 Å². The Hall–Kier alpha value is -0.120. The van der Waals surface area contributed by atoms with E-state index in [-0.39, 0.29) is 0 Å². The van der Waals surface area contributed by atoms with E-state index >= 15 is 0 Å². The molecule has 1 nitrogen and oxygen atoms in total. The third-order valence-corrected chi connectivity index (χ3v) is 5.43. The molecule has 0 unspecified atom stereocenters. The van der Waals surface area contributed by atoms with Gasteiger partial charge in [-0.1, -0.05) is 30.3 Å². The Bertz CT molecular complexity index is 320. The molecular weight excluding hydrogens is 248 g/mol. The Morgan fingerprint density at radius 3 is 2.53 bits per heavy atom. The third kappa shape index (κ3) is 3.94. The molecule has 1 aliphatic rings. The highest BCUT2D eigenvalue weighted by Gasteiger charge is 2.30. The molecule has 3 heteroatoms. The number of ether oxygens (including phenoxy) is 1. The molecule has 0 saturated carbocycles. The van der Waals surface area contributed by atoms with Crippen molar-refractivity contribution in [2.24, 2.45) is 5.41 Å². The van der Waals surface area contributed by atoms with E-state index in [1.165, 1.54) is 11.3 Å². The van der Waals surface area contributed by atoms with Crippen LogP contribution in [0.2, 0.25) is 0 Å². The van der Waals surface area contributed by atoms with Gasteiger partial charge < -0.3 is 4.74 Å². The van der Waals surface area contributed by atoms with Crippen LogP contribution >= 0.6 is 24.4 Å².